The van der Waals surface area contributed by atoms with Crippen LogP contribution in [0, 0.1) is 23.6 Å². The molecule has 0 bridgehead atoms. The van der Waals surface area contributed by atoms with Crippen molar-refractivity contribution in [3.05, 3.63) is 65.5 Å². The smallest absolute Gasteiger partial charge is 0.426 e. The van der Waals surface area contributed by atoms with Crippen LogP contribution in [0.5, 0.6) is 5.75 Å². The number of benzene rings is 2. The van der Waals surface area contributed by atoms with Crippen molar-refractivity contribution in [2.75, 3.05) is 0 Å². The highest BCUT2D eigenvalue weighted by atomic mass is 19.3. The molecule has 2 fully saturated rings. The maximum Gasteiger partial charge on any atom is 0.426 e. The molecule has 0 atom stereocenters. The van der Waals surface area contributed by atoms with E-state index in [-0.39, 0.29) is 11.3 Å². The van der Waals surface area contributed by atoms with E-state index in [1.54, 1.807) is 0 Å². The summed E-state index contributed by atoms with van der Waals surface area (Å²) in [4.78, 5) is 0. The second-order valence-corrected chi connectivity index (χ2v) is 9.33. The van der Waals surface area contributed by atoms with Gasteiger partial charge in [0, 0.05) is 6.07 Å². The molecule has 2 aromatic rings. The Balaban J connectivity index is 1.34. The highest BCUT2D eigenvalue weighted by Gasteiger charge is 2.35. The Labute approximate surface area is 177 Å². The average Bonchev–Trinajstić information content (AvgIpc) is 2.74. The fourth-order valence-corrected chi connectivity index (χ4v) is 5.37. The molecule has 2 aromatic carbocycles. The fourth-order valence-electron chi connectivity index (χ4n) is 5.37. The molecule has 30 heavy (non-hydrogen) atoms. The van der Waals surface area contributed by atoms with E-state index in [0.29, 0.717) is 5.92 Å². The summed E-state index contributed by atoms with van der Waals surface area (Å²) in [6.45, 7) is 2.36. The molecule has 0 spiro atoms. The van der Waals surface area contributed by atoms with Crippen molar-refractivity contribution in [2.45, 2.75) is 70.3 Å². The number of hydrogen-bond donors (Lipinski definition) is 0. The second kappa shape index (κ2) is 9.03. The van der Waals surface area contributed by atoms with E-state index >= 15 is 0 Å². The molecular formula is C26H31F3O. The molecular weight excluding hydrogens is 385 g/mol. The van der Waals surface area contributed by atoms with Gasteiger partial charge in [-0.15, -0.1) is 0 Å². The molecule has 2 saturated carbocycles. The number of halogens is 3. The van der Waals surface area contributed by atoms with Crippen molar-refractivity contribution < 1.29 is 17.9 Å². The summed E-state index contributed by atoms with van der Waals surface area (Å²) in [5.41, 5.74) is 0.927. The van der Waals surface area contributed by atoms with Crippen LogP contribution >= 0.6 is 0 Å². The Kier molecular flexibility index (Phi) is 6.40. The van der Waals surface area contributed by atoms with Crippen LogP contribution in [0.3, 0.4) is 0 Å². The van der Waals surface area contributed by atoms with Gasteiger partial charge < -0.3 is 4.74 Å². The van der Waals surface area contributed by atoms with E-state index in [4.69, 9.17) is 4.74 Å². The third-order valence-electron chi connectivity index (χ3n) is 7.26. The molecule has 4 rings (SSSR count). The van der Waals surface area contributed by atoms with Gasteiger partial charge in [-0.3, -0.25) is 0 Å². The van der Waals surface area contributed by atoms with Crippen molar-refractivity contribution in [3.8, 4) is 5.75 Å². The van der Waals surface area contributed by atoms with Crippen LogP contribution in [0.2, 0.25) is 0 Å². The Bertz CT molecular complexity index is 816. The molecule has 0 saturated heterocycles. The SMILES string of the molecule is CC1CCC(C2CCC(c3ccc(C(F)(F)Oc4cccc(F)c4)cc3)CC2)CC1. The molecule has 162 valence electrons. The zero-order valence-electron chi connectivity index (χ0n) is 17.6. The Morgan fingerprint density at radius 3 is 2.00 bits per heavy atom. The summed E-state index contributed by atoms with van der Waals surface area (Å²) >= 11 is 0. The summed E-state index contributed by atoms with van der Waals surface area (Å²) in [6, 6.07) is 11.4. The molecule has 0 N–H and O–H groups in total. The quantitative estimate of drug-likeness (QED) is 0.479. The fraction of sp³-hybridized carbons (Fsp3) is 0.538. The lowest BCUT2D eigenvalue weighted by Gasteiger charge is -2.37. The first-order chi connectivity index (χ1) is 14.4. The molecule has 0 aromatic heterocycles. The van der Waals surface area contributed by atoms with Gasteiger partial charge >= 0.3 is 6.11 Å². The predicted octanol–water partition coefficient (Wildman–Crippen LogP) is 8.05. The van der Waals surface area contributed by atoms with Gasteiger partial charge in [0.1, 0.15) is 11.6 Å². The predicted molar refractivity (Wildman–Crippen MR) is 113 cm³/mol. The molecule has 0 amide bonds. The van der Waals surface area contributed by atoms with Crippen molar-refractivity contribution in [2.24, 2.45) is 17.8 Å². The number of alkyl halides is 2. The van der Waals surface area contributed by atoms with Crippen molar-refractivity contribution in [1.82, 2.24) is 0 Å². The van der Waals surface area contributed by atoms with Crippen molar-refractivity contribution in [1.29, 1.82) is 0 Å². The molecule has 4 heteroatoms. The lowest BCUT2D eigenvalue weighted by Crippen LogP contribution is -2.25. The summed E-state index contributed by atoms with van der Waals surface area (Å²) in [5, 5.41) is 0. The first kappa shape index (κ1) is 21.3. The summed E-state index contributed by atoms with van der Waals surface area (Å²) in [7, 11) is 0. The summed E-state index contributed by atoms with van der Waals surface area (Å²) in [6.07, 6.45) is 6.81. The maximum absolute atomic E-state index is 14.5. The van der Waals surface area contributed by atoms with Gasteiger partial charge in [-0.1, -0.05) is 38.0 Å². The molecule has 2 aliphatic carbocycles. The second-order valence-electron chi connectivity index (χ2n) is 9.33. The minimum Gasteiger partial charge on any atom is -0.429 e. The van der Waals surface area contributed by atoms with E-state index < -0.39 is 11.9 Å². The van der Waals surface area contributed by atoms with Crippen LogP contribution in [-0.4, -0.2) is 0 Å². The molecule has 0 aliphatic heterocycles. The largest absolute Gasteiger partial charge is 0.429 e. The average molecular weight is 417 g/mol. The van der Waals surface area contributed by atoms with E-state index in [1.165, 1.54) is 68.9 Å². The highest BCUT2D eigenvalue weighted by Crippen LogP contribution is 2.44. The third kappa shape index (κ3) is 5.01. The number of ether oxygens (including phenoxy) is 1. The molecule has 2 aliphatic rings. The van der Waals surface area contributed by atoms with Crippen LogP contribution in [0.15, 0.2) is 48.5 Å². The lowest BCUT2D eigenvalue weighted by atomic mass is 9.68. The molecule has 1 nitrogen and oxygen atoms in total. The molecule has 0 unspecified atom stereocenters. The van der Waals surface area contributed by atoms with Gasteiger partial charge in [0.2, 0.25) is 0 Å². The van der Waals surface area contributed by atoms with Crippen LogP contribution in [-0.2, 0) is 6.11 Å². The van der Waals surface area contributed by atoms with Crippen molar-refractivity contribution >= 4 is 0 Å². The van der Waals surface area contributed by atoms with Crippen LogP contribution < -0.4 is 4.74 Å². The van der Waals surface area contributed by atoms with Gasteiger partial charge in [0.05, 0.1) is 5.56 Å². The normalized spacial score (nSPS) is 27.6. The number of hydrogen-bond acceptors (Lipinski definition) is 1. The zero-order valence-corrected chi connectivity index (χ0v) is 17.6. The standard InChI is InChI=1S/C26H31F3O/c1-18-5-7-19(8-6-18)20-9-11-21(12-10-20)22-13-15-23(16-14-22)26(28,29)30-25-4-2-3-24(27)17-25/h2-4,13-21H,5-12H2,1H3. The van der Waals surface area contributed by atoms with Gasteiger partial charge in [-0.25, -0.2) is 4.39 Å². The first-order valence-electron chi connectivity index (χ1n) is 11.3. The lowest BCUT2D eigenvalue weighted by molar-refractivity contribution is -0.185. The minimum absolute atomic E-state index is 0.181. The van der Waals surface area contributed by atoms with Gasteiger partial charge in [-0.2, -0.15) is 8.78 Å². The van der Waals surface area contributed by atoms with E-state index in [0.717, 1.165) is 42.2 Å². The monoisotopic (exact) mass is 416 g/mol. The van der Waals surface area contributed by atoms with Crippen LogP contribution in [0.25, 0.3) is 0 Å². The molecule has 0 radical (unpaired) electrons. The topological polar surface area (TPSA) is 9.23 Å². The highest BCUT2D eigenvalue weighted by molar-refractivity contribution is 5.29. The van der Waals surface area contributed by atoms with Gasteiger partial charge in [-0.05, 0) is 92.0 Å². The van der Waals surface area contributed by atoms with Gasteiger partial charge in [0.15, 0.2) is 0 Å². The Hall–Kier alpha value is -1.97. The van der Waals surface area contributed by atoms with Crippen LogP contribution in [0.1, 0.15) is 75.3 Å². The van der Waals surface area contributed by atoms with Crippen molar-refractivity contribution in [3.63, 3.8) is 0 Å². The third-order valence-corrected chi connectivity index (χ3v) is 7.26. The van der Waals surface area contributed by atoms with E-state index in [1.807, 2.05) is 12.1 Å². The van der Waals surface area contributed by atoms with E-state index in [2.05, 4.69) is 6.92 Å². The zero-order chi connectivity index (χ0) is 21.1. The summed E-state index contributed by atoms with van der Waals surface area (Å²) < 4.78 is 47.0. The first-order valence-corrected chi connectivity index (χ1v) is 11.3. The summed E-state index contributed by atoms with van der Waals surface area (Å²) in [5.74, 6) is 2.30. The Morgan fingerprint density at radius 1 is 0.800 bits per heavy atom. The van der Waals surface area contributed by atoms with Gasteiger partial charge in [0.25, 0.3) is 0 Å². The maximum atomic E-state index is 14.5. The molecule has 0 heterocycles. The number of rotatable bonds is 5. The van der Waals surface area contributed by atoms with Crippen LogP contribution in [0.4, 0.5) is 13.2 Å². The minimum atomic E-state index is -3.50. The Morgan fingerprint density at radius 2 is 1.40 bits per heavy atom. The van der Waals surface area contributed by atoms with E-state index in [9.17, 15) is 13.2 Å².